The summed E-state index contributed by atoms with van der Waals surface area (Å²) in [6, 6.07) is 6.99. The number of ether oxygens (including phenoxy) is 1. The fourth-order valence-electron chi connectivity index (χ4n) is 4.35. The highest BCUT2D eigenvalue weighted by atomic mass is 19.4. The van der Waals surface area contributed by atoms with Gasteiger partial charge in [-0.1, -0.05) is 12.1 Å². The quantitative estimate of drug-likeness (QED) is 0.459. The number of alkyl halides is 6. The molecule has 0 amide bonds. The number of benzene rings is 1. The van der Waals surface area contributed by atoms with Crippen LogP contribution in [0.25, 0.3) is 11.4 Å². The molecule has 3 aromatic rings. The molecule has 2 fully saturated rings. The number of nitrogens with zero attached hydrogens (tertiary/aromatic N) is 7. The molecule has 0 atom stereocenters. The van der Waals surface area contributed by atoms with Crippen molar-refractivity contribution in [2.24, 2.45) is 0 Å². The molecular formula is C24H23F6N7O. The van der Waals surface area contributed by atoms with Crippen molar-refractivity contribution >= 4 is 17.7 Å². The van der Waals surface area contributed by atoms with Crippen molar-refractivity contribution in [1.29, 1.82) is 0 Å². The van der Waals surface area contributed by atoms with Gasteiger partial charge in [0.15, 0.2) is 5.82 Å². The minimum atomic E-state index is -4.54. The Kier molecular flexibility index (Phi) is 6.99. The van der Waals surface area contributed by atoms with Gasteiger partial charge in [0.2, 0.25) is 11.9 Å². The maximum absolute atomic E-state index is 13.5. The molecular weight excluding hydrogens is 516 g/mol. The van der Waals surface area contributed by atoms with Crippen LogP contribution in [-0.4, -0.2) is 72.4 Å². The highest BCUT2D eigenvalue weighted by molar-refractivity contribution is 5.60. The third-order valence-electron chi connectivity index (χ3n) is 6.31. The number of halogens is 6. The Hall–Kier alpha value is -3.68. The first-order chi connectivity index (χ1) is 18.1. The largest absolute Gasteiger partial charge is 0.419 e. The summed E-state index contributed by atoms with van der Waals surface area (Å²) in [5, 5.41) is 0. The zero-order valence-corrected chi connectivity index (χ0v) is 20.0. The lowest BCUT2D eigenvalue weighted by Crippen LogP contribution is -2.48. The van der Waals surface area contributed by atoms with Crippen molar-refractivity contribution in [3.63, 3.8) is 0 Å². The number of rotatable bonds is 4. The summed E-state index contributed by atoms with van der Waals surface area (Å²) in [4.78, 5) is 22.7. The molecule has 14 heteroatoms. The van der Waals surface area contributed by atoms with Crippen LogP contribution in [0, 0.1) is 0 Å². The standard InChI is InChI=1S/C24H23F6N7O/c25-23(26,27)17-4-1-3-16(15-17)19-32-21(34-22(33-19)37-11-13-38-14-12-37)36-9-7-35(8-10-36)20-18(24(28,29)30)5-2-6-31-20/h1-6,15H,7-14H2. The first-order valence-electron chi connectivity index (χ1n) is 11.9. The predicted molar refractivity (Wildman–Crippen MR) is 127 cm³/mol. The fraction of sp³-hybridized carbons (Fsp3) is 0.417. The molecule has 0 radical (unpaired) electrons. The summed E-state index contributed by atoms with van der Waals surface area (Å²) in [5.41, 5.74) is -1.45. The number of anilines is 3. The van der Waals surface area contributed by atoms with Crippen LogP contribution in [0.15, 0.2) is 42.6 Å². The van der Waals surface area contributed by atoms with Gasteiger partial charge in [-0.3, -0.25) is 0 Å². The number of hydrogen-bond donors (Lipinski definition) is 0. The second-order valence-electron chi connectivity index (χ2n) is 8.78. The Balaban J connectivity index is 1.44. The maximum Gasteiger partial charge on any atom is 0.419 e. The summed E-state index contributed by atoms with van der Waals surface area (Å²) in [7, 11) is 0. The van der Waals surface area contributed by atoms with Crippen LogP contribution < -0.4 is 14.7 Å². The van der Waals surface area contributed by atoms with Gasteiger partial charge in [-0.2, -0.15) is 41.3 Å². The van der Waals surface area contributed by atoms with Gasteiger partial charge in [-0.15, -0.1) is 0 Å². The van der Waals surface area contributed by atoms with Crippen molar-refractivity contribution in [1.82, 2.24) is 19.9 Å². The Morgan fingerprint density at radius 3 is 1.95 bits per heavy atom. The zero-order valence-electron chi connectivity index (χ0n) is 20.0. The molecule has 0 bridgehead atoms. The number of pyridine rings is 1. The minimum absolute atomic E-state index is 0.0779. The van der Waals surface area contributed by atoms with E-state index in [4.69, 9.17) is 4.74 Å². The topological polar surface area (TPSA) is 70.5 Å². The lowest BCUT2D eigenvalue weighted by molar-refractivity contribution is -0.138. The molecule has 2 aliphatic rings. The van der Waals surface area contributed by atoms with Crippen molar-refractivity contribution in [3.05, 3.63) is 53.7 Å². The molecule has 2 aromatic heterocycles. The van der Waals surface area contributed by atoms with Crippen molar-refractivity contribution in [2.75, 3.05) is 67.2 Å². The van der Waals surface area contributed by atoms with Gasteiger partial charge in [0.05, 0.1) is 24.3 Å². The van der Waals surface area contributed by atoms with E-state index in [0.29, 0.717) is 32.3 Å². The average molecular weight is 539 g/mol. The van der Waals surface area contributed by atoms with Crippen LogP contribution in [0.5, 0.6) is 0 Å². The summed E-state index contributed by atoms with van der Waals surface area (Å²) in [6.07, 6.45) is -7.75. The van der Waals surface area contributed by atoms with Crippen LogP contribution in [0.3, 0.4) is 0 Å². The van der Waals surface area contributed by atoms with E-state index < -0.39 is 23.5 Å². The van der Waals surface area contributed by atoms with Crippen LogP contribution >= 0.6 is 0 Å². The Labute approximate surface area is 213 Å². The second-order valence-corrected chi connectivity index (χ2v) is 8.78. The van der Waals surface area contributed by atoms with Gasteiger partial charge < -0.3 is 19.4 Å². The molecule has 0 spiro atoms. The van der Waals surface area contributed by atoms with Crippen LogP contribution in [0.2, 0.25) is 0 Å². The van der Waals surface area contributed by atoms with Crippen molar-refractivity contribution < 1.29 is 31.1 Å². The molecule has 0 aliphatic carbocycles. The molecule has 0 saturated carbocycles. The summed E-state index contributed by atoms with van der Waals surface area (Å²) in [6.45, 7) is 2.90. The molecule has 202 valence electrons. The zero-order chi connectivity index (χ0) is 26.9. The van der Waals surface area contributed by atoms with Crippen LogP contribution in [0.4, 0.5) is 44.1 Å². The fourth-order valence-corrected chi connectivity index (χ4v) is 4.35. The average Bonchev–Trinajstić information content (AvgIpc) is 2.92. The molecule has 4 heterocycles. The third-order valence-corrected chi connectivity index (χ3v) is 6.31. The molecule has 1 aromatic carbocycles. The Morgan fingerprint density at radius 2 is 1.32 bits per heavy atom. The van der Waals surface area contributed by atoms with Crippen LogP contribution in [0.1, 0.15) is 11.1 Å². The first kappa shape index (κ1) is 25.9. The number of piperazine rings is 1. The van der Waals surface area contributed by atoms with Crippen molar-refractivity contribution in [3.8, 4) is 11.4 Å². The highest BCUT2D eigenvalue weighted by Crippen LogP contribution is 2.36. The molecule has 0 N–H and O–H groups in total. The van der Waals surface area contributed by atoms with Gasteiger partial charge in [0.25, 0.3) is 0 Å². The van der Waals surface area contributed by atoms with Gasteiger partial charge in [0, 0.05) is 51.0 Å². The Bertz CT molecular complexity index is 1270. The highest BCUT2D eigenvalue weighted by Gasteiger charge is 2.36. The first-order valence-corrected chi connectivity index (χ1v) is 11.9. The summed E-state index contributed by atoms with van der Waals surface area (Å²) >= 11 is 0. The van der Waals surface area contributed by atoms with E-state index in [2.05, 4.69) is 19.9 Å². The third kappa shape index (κ3) is 5.59. The van der Waals surface area contributed by atoms with Crippen molar-refractivity contribution in [2.45, 2.75) is 12.4 Å². The Morgan fingerprint density at radius 1 is 0.684 bits per heavy atom. The molecule has 2 aliphatic heterocycles. The van der Waals surface area contributed by atoms with E-state index in [1.165, 1.54) is 24.4 Å². The smallest absolute Gasteiger partial charge is 0.378 e. The molecule has 2 saturated heterocycles. The maximum atomic E-state index is 13.5. The van der Waals surface area contributed by atoms with Gasteiger partial charge in [0.1, 0.15) is 5.82 Å². The minimum Gasteiger partial charge on any atom is -0.378 e. The van der Waals surface area contributed by atoms with E-state index in [-0.39, 0.29) is 49.3 Å². The van der Waals surface area contributed by atoms with E-state index in [1.807, 2.05) is 4.90 Å². The van der Waals surface area contributed by atoms with Gasteiger partial charge in [-0.05, 0) is 24.3 Å². The summed E-state index contributed by atoms with van der Waals surface area (Å²) in [5.74, 6) is 0.478. The number of morpholine rings is 1. The SMILES string of the molecule is FC(F)(F)c1cccc(-c2nc(N3CCOCC3)nc(N3CCN(c4ncccc4C(F)(F)F)CC3)n2)c1. The van der Waals surface area contributed by atoms with E-state index in [0.717, 1.165) is 18.2 Å². The molecule has 8 nitrogen and oxygen atoms in total. The second kappa shape index (κ2) is 10.2. The molecule has 38 heavy (non-hydrogen) atoms. The van der Waals surface area contributed by atoms with E-state index in [9.17, 15) is 26.3 Å². The molecule has 0 unspecified atom stereocenters. The van der Waals surface area contributed by atoms with Crippen LogP contribution in [-0.2, 0) is 17.1 Å². The van der Waals surface area contributed by atoms with E-state index in [1.54, 1.807) is 9.80 Å². The normalized spacial score (nSPS) is 17.2. The number of aromatic nitrogens is 4. The van der Waals surface area contributed by atoms with Gasteiger partial charge >= 0.3 is 12.4 Å². The monoisotopic (exact) mass is 539 g/mol. The molecule has 5 rings (SSSR count). The summed E-state index contributed by atoms with van der Waals surface area (Å²) < 4.78 is 85.9. The predicted octanol–water partition coefficient (Wildman–Crippen LogP) is 4.13. The number of hydrogen-bond acceptors (Lipinski definition) is 8. The van der Waals surface area contributed by atoms with Gasteiger partial charge in [-0.25, -0.2) is 4.98 Å². The lowest BCUT2D eigenvalue weighted by Gasteiger charge is -2.36. The lowest BCUT2D eigenvalue weighted by atomic mass is 10.1. The van der Waals surface area contributed by atoms with E-state index >= 15 is 0 Å².